The number of carbonyl (C=O) groups excluding carboxylic acids is 1. The van der Waals surface area contributed by atoms with Gasteiger partial charge in [0.05, 0.1) is 10.5 Å². The van der Waals surface area contributed by atoms with E-state index in [-0.39, 0.29) is 11.5 Å². The second-order valence-corrected chi connectivity index (χ2v) is 4.85. The second kappa shape index (κ2) is 5.84. The number of non-ortho nitro benzene ring substituents is 1. The van der Waals surface area contributed by atoms with Crippen LogP contribution in [0.1, 0.15) is 11.1 Å². The van der Waals surface area contributed by atoms with Crippen molar-refractivity contribution >= 4 is 23.5 Å². The number of rotatable bonds is 3. The van der Waals surface area contributed by atoms with Crippen LogP contribution in [0.2, 0.25) is 0 Å². The molecule has 2 aromatic carbocycles. The summed E-state index contributed by atoms with van der Waals surface area (Å²) in [7, 11) is 0. The van der Waals surface area contributed by atoms with Gasteiger partial charge < -0.3 is 4.74 Å². The highest BCUT2D eigenvalue weighted by Crippen LogP contribution is 2.27. The number of hydrogen-bond acceptors (Lipinski definition) is 4. The largest absolute Gasteiger partial charge is 0.422 e. The van der Waals surface area contributed by atoms with Crippen LogP contribution in [0.25, 0.3) is 11.8 Å². The number of carbonyl (C=O) groups is 1. The van der Waals surface area contributed by atoms with E-state index in [4.69, 9.17) is 4.74 Å². The number of benzene rings is 2. The predicted molar refractivity (Wildman–Crippen MR) is 81.5 cm³/mol. The number of halogens is 1. The van der Waals surface area contributed by atoms with E-state index in [1.165, 1.54) is 36.4 Å². The molecule has 1 aliphatic heterocycles. The highest BCUT2D eigenvalue weighted by molar-refractivity contribution is 6.05. The summed E-state index contributed by atoms with van der Waals surface area (Å²) in [5.41, 5.74) is 1.52. The molecule has 0 atom stereocenters. The van der Waals surface area contributed by atoms with Crippen molar-refractivity contribution in [1.82, 2.24) is 0 Å². The third-order valence-electron chi connectivity index (χ3n) is 3.28. The number of ether oxygens (including phenoxy) is 1. The van der Waals surface area contributed by atoms with E-state index in [9.17, 15) is 19.3 Å². The lowest BCUT2D eigenvalue weighted by molar-refractivity contribution is -0.384. The fourth-order valence-electron chi connectivity index (χ4n) is 2.12. The van der Waals surface area contributed by atoms with Gasteiger partial charge in [0, 0.05) is 17.7 Å². The number of cyclic esters (lactones) is 1. The number of esters is 1. The van der Waals surface area contributed by atoms with Crippen LogP contribution in [0.15, 0.2) is 60.2 Å². The molecular weight excluding hydrogens is 301 g/mol. The maximum Gasteiger partial charge on any atom is 0.343 e. The average Bonchev–Trinajstić information content (AvgIpc) is 2.89. The van der Waals surface area contributed by atoms with Crippen molar-refractivity contribution in [2.24, 2.45) is 0 Å². The van der Waals surface area contributed by atoms with Gasteiger partial charge in [0.1, 0.15) is 11.6 Å². The molecule has 1 heterocycles. The summed E-state index contributed by atoms with van der Waals surface area (Å²) in [6, 6.07) is 11.4. The zero-order valence-corrected chi connectivity index (χ0v) is 11.7. The van der Waals surface area contributed by atoms with Gasteiger partial charge in [-0.25, -0.2) is 9.18 Å². The molecule has 0 saturated heterocycles. The third-order valence-corrected chi connectivity index (χ3v) is 3.28. The topological polar surface area (TPSA) is 69.4 Å². The van der Waals surface area contributed by atoms with Crippen molar-refractivity contribution in [3.63, 3.8) is 0 Å². The molecule has 5 nitrogen and oxygen atoms in total. The van der Waals surface area contributed by atoms with Crippen LogP contribution in [0, 0.1) is 15.9 Å². The van der Waals surface area contributed by atoms with Crippen molar-refractivity contribution in [2.45, 2.75) is 0 Å². The van der Waals surface area contributed by atoms with E-state index in [0.29, 0.717) is 22.5 Å². The Bertz CT molecular complexity index is 836. The normalized spacial score (nSPS) is 15.4. The molecule has 0 radical (unpaired) electrons. The van der Waals surface area contributed by atoms with E-state index in [1.54, 1.807) is 24.3 Å². The van der Waals surface area contributed by atoms with Gasteiger partial charge in [-0.15, -0.1) is 0 Å². The van der Waals surface area contributed by atoms with Gasteiger partial charge in [0.2, 0.25) is 0 Å². The Morgan fingerprint density at radius 2 is 1.70 bits per heavy atom. The highest BCUT2D eigenvalue weighted by Gasteiger charge is 2.22. The lowest BCUT2D eigenvalue weighted by Crippen LogP contribution is -1.97. The van der Waals surface area contributed by atoms with Gasteiger partial charge in [-0.05, 0) is 54.1 Å². The van der Waals surface area contributed by atoms with Crippen molar-refractivity contribution in [1.29, 1.82) is 0 Å². The summed E-state index contributed by atoms with van der Waals surface area (Å²) in [6.07, 6.45) is 3.12. The molecule has 23 heavy (non-hydrogen) atoms. The monoisotopic (exact) mass is 311 g/mol. The van der Waals surface area contributed by atoms with E-state index in [0.717, 1.165) is 0 Å². The smallest absolute Gasteiger partial charge is 0.343 e. The standard InChI is InChI=1S/C17H10FNO4/c18-14-5-3-12(4-6-14)16-10-13(17(20)23-16)9-11-1-7-15(8-2-11)19(21)22/h1-10H. The van der Waals surface area contributed by atoms with Crippen molar-refractivity contribution in [3.8, 4) is 0 Å². The fraction of sp³-hybridized carbons (Fsp3) is 0. The van der Waals surface area contributed by atoms with Crippen LogP contribution >= 0.6 is 0 Å². The summed E-state index contributed by atoms with van der Waals surface area (Å²) in [6.45, 7) is 0. The van der Waals surface area contributed by atoms with Crippen molar-refractivity contribution < 1.29 is 18.8 Å². The minimum absolute atomic E-state index is 0.0244. The molecule has 0 N–H and O–H groups in total. The molecule has 6 heteroatoms. The van der Waals surface area contributed by atoms with Gasteiger partial charge in [-0.3, -0.25) is 10.1 Å². The molecule has 1 aliphatic rings. The first kappa shape index (κ1) is 14.6. The van der Waals surface area contributed by atoms with E-state index >= 15 is 0 Å². The molecule has 0 bridgehead atoms. The SMILES string of the molecule is O=C1OC(c2ccc(F)cc2)=CC1=Cc1ccc([N+](=O)[O-])cc1. The lowest BCUT2D eigenvalue weighted by Gasteiger charge is -2.00. The number of hydrogen-bond donors (Lipinski definition) is 0. The molecule has 2 aromatic rings. The predicted octanol–water partition coefficient (Wildman–Crippen LogP) is 3.72. The Balaban J connectivity index is 1.88. The number of nitro groups is 1. The Kier molecular flexibility index (Phi) is 3.72. The Morgan fingerprint density at radius 3 is 2.30 bits per heavy atom. The van der Waals surface area contributed by atoms with Gasteiger partial charge in [-0.1, -0.05) is 0 Å². The molecule has 0 saturated carbocycles. The van der Waals surface area contributed by atoms with Gasteiger partial charge in [0.15, 0.2) is 0 Å². The summed E-state index contributed by atoms with van der Waals surface area (Å²) in [5, 5.41) is 10.6. The summed E-state index contributed by atoms with van der Waals surface area (Å²) >= 11 is 0. The molecule has 0 unspecified atom stereocenters. The minimum atomic E-state index is -0.525. The van der Waals surface area contributed by atoms with Crippen molar-refractivity contribution in [3.05, 3.63) is 87.2 Å². The van der Waals surface area contributed by atoms with Crippen LogP contribution in [0.3, 0.4) is 0 Å². The summed E-state index contributed by atoms with van der Waals surface area (Å²) < 4.78 is 18.1. The summed E-state index contributed by atoms with van der Waals surface area (Å²) in [5.74, 6) is -0.564. The zero-order chi connectivity index (χ0) is 16.4. The molecule has 0 fully saturated rings. The molecule has 0 aliphatic carbocycles. The first-order chi connectivity index (χ1) is 11.0. The molecule has 0 amide bonds. The van der Waals surface area contributed by atoms with Crippen LogP contribution in [0.4, 0.5) is 10.1 Å². The number of nitro benzene ring substituents is 1. The highest BCUT2D eigenvalue weighted by atomic mass is 19.1. The van der Waals surface area contributed by atoms with Crippen molar-refractivity contribution in [2.75, 3.05) is 0 Å². The van der Waals surface area contributed by atoms with Crippen LogP contribution in [0.5, 0.6) is 0 Å². The molecule has 0 spiro atoms. The fourth-order valence-corrected chi connectivity index (χ4v) is 2.12. The first-order valence-corrected chi connectivity index (χ1v) is 6.69. The zero-order valence-electron chi connectivity index (χ0n) is 11.7. The minimum Gasteiger partial charge on any atom is -0.422 e. The molecule has 0 aromatic heterocycles. The van der Waals surface area contributed by atoms with Crippen LogP contribution < -0.4 is 0 Å². The van der Waals surface area contributed by atoms with Crippen LogP contribution in [-0.2, 0) is 9.53 Å². The third kappa shape index (κ3) is 3.16. The van der Waals surface area contributed by atoms with E-state index in [1.807, 2.05) is 0 Å². The first-order valence-electron chi connectivity index (χ1n) is 6.69. The average molecular weight is 311 g/mol. The lowest BCUT2D eigenvalue weighted by atomic mass is 10.1. The summed E-state index contributed by atoms with van der Waals surface area (Å²) in [4.78, 5) is 22.0. The Morgan fingerprint density at radius 1 is 1.04 bits per heavy atom. The van der Waals surface area contributed by atoms with Gasteiger partial charge >= 0.3 is 5.97 Å². The quantitative estimate of drug-likeness (QED) is 0.375. The Labute approximate surface area is 130 Å². The number of nitrogens with zero attached hydrogens (tertiary/aromatic N) is 1. The van der Waals surface area contributed by atoms with E-state index in [2.05, 4.69) is 0 Å². The maximum absolute atomic E-state index is 12.9. The van der Waals surface area contributed by atoms with E-state index < -0.39 is 10.9 Å². The molecular formula is C17H10FNO4. The maximum atomic E-state index is 12.9. The molecule has 3 rings (SSSR count). The van der Waals surface area contributed by atoms with Gasteiger partial charge in [0.25, 0.3) is 5.69 Å². The van der Waals surface area contributed by atoms with Crippen LogP contribution in [-0.4, -0.2) is 10.9 Å². The Hall–Kier alpha value is -3.28. The second-order valence-electron chi connectivity index (χ2n) is 4.85. The van der Waals surface area contributed by atoms with Gasteiger partial charge in [-0.2, -0.15) is 0 Å². The molecule has 114 valence electrons.